The van der Waals surface area contributed by atoms with Crippen LogP contribution in [0.1, 0.15) is 39.9 Å². The first-order valence-electron chi connectivity index (χ1n) is 5.43. The third-order valence-corrected chi connectivity index (χ3v) is 3.32. The number of aromatic amines is 1. The Kier molecular flexibility index (Phi) is 3.53. The molecule has 0 saturated heterocycles. The van der Waals surface area contributed by atoms with Gasteiger partial charge in [-0.1, -0.05) is 6.92 Å². The van der Waals surface area contributed by atoms with E-state index in [1.807, 2.05) is 13.8 Å². The highest BCUT2D eigenvalue weighted by molar-refractivity contribution is 7.13. The summed E-state index contributed by atoms with van der Waals surface area (Å²) in [6.45, 7) is 3.89. The Morgan fingerprint density at radius 2 is 2.41 bits per heavy atom. The Balaban J connectivity index is 2.07. The van der Waals surface area contributed by atoms with Crippen LogP contribution in [-0.2, 0) is 0 Å². The molecule has 0 fully saturated rings. The van der Waals surface area contributed by atoms with Crippen molar-refractivity contribution in [1.29, 1.82) is 0 Å². The molecule has 2 N–H and O–H groups in total. The van der Waals surface area contributed by atoms with Crippen LogP contribution in [0.15, 0.2) is 18.6 Å². The van der Waals surface area contributed by atoms with Crippen LogP contribution in [-0.4, -0.2) is 20.9 Å². The average molecular weight is 250 g/mol. The molecule has 2 aromatic heterocycles. The Labute approximate surface area is 103 Å². The van der Waals surface area contributed by atoms with E-state index >= 15 is 0 Å². The molecule has 1 amide bonds. The summed E-state index contributed by atoms with van der Waals surface area (Å²) in [4.78, 5) is 23.8. The molecule has 5 nitrogen and oxygen atoms in total. The van der Waals surface area contributed by atoms with Crippen LogP contribution < -0.4 is 5.32 Å². The van der Waals surface area contributed by atoms with Crippen molar-refractivity contribution >= 4 is 17.2 Å². The molecule has 0 spiro atoms. The van der Waals surface area contributed by atoms with E-state index in [9.17, 15) is 4.79 Å². The lowest BCUT2D eigenvalue weighted by atomic mass is 10.2. The second kappa shape index (κ2) is 5.09. The summed E-state index contributed by atoms with van der Waals surface area (Å²) >= 11 is 1.39. The Hall–Kier alpha value is -1.69. The van der Waals surface area contributed by atoms with Gasteiger partial charge in [-0.25, -0.2) is 9.97 Å². The van der Waals surface area contributed by atoms with Crippen LogP contribution in [0.3, 0.4) is 0 Å². The lowest BCUT2D eigenvalue weighted by Gasteiger charge is -2.13. The fraction of sp³-hybridized carbons (Fsp3) is 0.364. The third-order valence-electron chi connectivity index (χ3n) is 2.41. The highest BCUT2D eigenvalue weighted by Gasteiger charge is 2.17. The van der Waals surface area contributed by atoms with Gasteiger partial charge < -0.3 is 10.3 Å². The zero-order valence-electron chi connectivity index (χ0n) is 9.73. The molecule has 2 aromatic rings. The van der Waals surface area contributed by atoms with Crippen LogP contribution >= 0.6 is 11.3 Å². The van der Waals surface area contributed by atoms with E-state index in [4.69, 9.17) is 0 Å². The molecule has 0 aliphatic carbocycles. The molecule has 0 aromatic carbocycles. The maximum absolute atomic E-state index is 11.9. The highest BCUT2D eigenvalue weighted by atomic mass is 32.1. The minimum Gasteiger partial charge on any atom is -0.347 e. The van der Waals surface area contributed by atoms with Crippen molar-refractivity contribution in [3.05, 3.63) is 34.3 Å². The molecule has 0 radical (unpaired) electrons. The number of carbonyl (C=O) groups excluding carboxylic acids is 1. The van der Waals surface area contributed by atoms with Crippen molar-refractivity contribution in [3.63, 3.8) is 0 Å². The molecule has 6 heteroatoms. The first-order valence-corrected chi connectivity index (χ1v) is 6.25. The largest absolute Gasteiger partial charge is 0.347 e. The smallest absolute Gasteiger partial charge is 0.263 e. The Morgan fingerprint density at radius 1 is 1.59 bits per heavy atom. The van der Waals surface area contributed by atoms with Gasteiger partial charge in [0, 0.05) is 12.4 Å². The molecule has 0 bridgehead atoms. The van der Waals surface area contributed by atoms with Crippen LogP contribution in [0, 0.1) is 6.92 Å². The van der Waals surface area contributed by atoms with Gasteiger partial charge in [0.2, 0.25) is 0 Å². The minimum atomic E-state index is -0.0983. The molecule has 1 atom stereocenters. The first kappa shape index (κ1) is 11.8. The number of rotatable bonds is 4. The second-order valence-corrected chi connectivity index (χ2v) is 4.89. The first-order chi connectivity index (χ1) is 8.20. The number of nitrogens with one attached hydrogen (secondary N) is 2. The van der Waals surface area contributed by atoms with E-state index in [0.29, 0.717) is 4.88 Å². The van der Waals surface area contributed by atoms with Crippen molar-refractivity contribution in [1.82, 2.24) is 20.3 Å². The van der Waals surface area contributed by atoms with Gasteiger partial charge in [-0.2, -0.15) is 0 Å². The summed E-state index contributed by atoms with van der Waals surface area (Å²) in [5, 5.41) is 3.83. The van der Waals surface area contributed by atoms with E-state index in [1.165, 1.54) is 11.3 Å². The number of imidazole rings is 1. The van der Waals surface area contributed by atoms with Gasteiger partial charge in [-0.05, 0) is 13.3 Å². The van der Waals surface area contributed by atoms with Gasteiger partial charge in [0.05, 0.1) is 17.2 Å². The van der Waals surface area contributed by atoms with Crippen LogP contribution in [0.25, 0.3) is 0 Å². The number of aromatic nitrogens is 3. The molecule has 90 valence electrons. The minimum absolute atomic E-state index is 0.0834. The topological polar surface area (TPSA) is 70.7 Å². The number of amides is 1. The zero-order chi connectivity index (χ0) is 12.3. The average Bonchev–Trinajstić information content (AvgIpc) is 2.96. The lowest BCUT2D eigenvalue weighted by Crippen LogP contribution is -2.28. The van der Waals surface area contributed by atoms with Crippen molar-refractivity contribution in [3.8, 4) is 0 Å². The summed E-state index contributed by atoms with van der Waals surface area (Å²) in [6, 6.07) is -0.0834. The number of carbonyl (C=O) groups is 1. The van der Waals surface area contributed by atoms with Gasteiger partial charge in [0.15, 0.2) is 0 Å². The van der Waals surface area contributed by atoms with Crippen LogP contribution in [0.4, 0.5) is 0 Å². The predicted octanol–water partition coefficient (Wildman–Crippen LogP) is 2.06. The maximum Gasteiger partial charge on any atom is 0.263 e. The Morgan fingerprint density at radius 3 is 2.94 bits per heavy atom. The van der Waals surface area contributed by atoms with Gasteiger partial charge in [0.1, 0.15) is 10.7 Å². The van der Waals surface area contributed by atoms with Gasteiger partial charge in [-0.15, -0.1) is 11.3 Å². The molecule has 0 aliphatic heterocycles. The summed E-state index contributed by atoms with van der Waals surface area (Å²) in [5.41, 5.74) is 0. The molecular weight excluding hydrogens is 236 g/mol. The fourth-order valence-corrected chi connectivity index (χ4v) is 2.21. The van der Waals surface area contributed by atoms with Crippen molar-refractivity contribution < 1.29 is 4.79 Å². The summed E-state index contributed by atoms with van der Waals surface area (Å²) in [5.74, 6) is 0.681. The van der Waals surface area contributed by atoms with Gasteiger partial charge >= 0.3 is 0 Å². The molecular formula is C11H14N4OS. The number of H-pyrrole nitrogens is 1. The number of hydrogen-bond acceptors (Lipinski definition) is 4. The van der Waals surface area contributed by atoms with Crippen molar-refractivity contribution in [2.45, 2.75) is 26.3 Å². The van der Waals surface area contributed by atoms with Crippen molar-refractivity contribution in [2.24, 2.45) is 0 Å². The lowest BCUT2D eigenvalue weighted by molar-refractivity contribution is 0.0938. The number of hydrogen-bond donors (Lipinski definition) is 2. The molecule has 2 rings (SSSR count). The maximum atomic E-state index is 11.9. The molecule has 0 saturated carbocycles. The summed E-state index contributed by atoms with van der Waals surface area (Å²) in [7, 11) is 0. The SMILES string of the molecule is CCC(NC(=O)c1cnc(C)s1)c1ncc[nH]1. The normalized spacial score (nSPS) is 12.4. The third kappa shape index (κ3) is 2.71. The Bertz CT molecular complexity index is 491. The number of thiazole rings is 1. The van der Waals surface area contributed by atoms with E-state index in [0.717, 1.165) is 17.3 Å². The van der Waals surface area contributed by atoms with Crippen LogP contribution in [0.2, 0.25) is 0 Å². The standard InChI is InChI=1S/C11H14N4OS/c1-3-8(10-12-4-5-13-10)15-11(16)9-6-14-7(2)17-9/h4-6,8H,3H2,1-2H3,(H,12,13)(H,15,16). The molecule has 1 unspecified atom stereocenters. The van der Waals surface area contributed by atoms with Gasteiger partial charge in [-0.3, -0.25) is 4.79 Å². The molecule has 2 heterocycles. The van der Waals surface area contributed by atoms with Crippen LogP contribution in [0.5, 0.6) is 0 Å². The van der Waals surface area contributed by atoms with Crippen molar-refractivity contribution in [2.75, 3.05) is 0 Å². The summed E-state index contributed by atoms with van der Waals surface area (Å²) < 4.78 is 0. The predicted molar refractivity (Wildman–Crippen MR) is 65.9 cm³/mol. The number of aryl methyl sites for hydroxylation is 1. The quantitative estimate of drug-likeness (QED) is 0.872. The highest BCUT2D eigenvalue weighted by Crippen LogP contribution is 2.15. The van der Waals surface area contributed by atoms with E-state index in [1.54, 1.807) is 18.6 Å². The monoisotopic (exact) mass is 250 g/mol. The van der Waals surface area contributed by atoms with E-state index < -0.39 is 0 Å². The second-order valence-electron chi connectivity index (χ2n) is 3.65. The molecule has 0 aliphatic rings. The van der Waals surface area contributed by atoms with Gasteiger partial charge in [0.25, 0.3) is 5.91 Å². The summed E-state index contributed by atoms with van der Waals surface area (Å²) in [6.07, 6.45) is 5.82. The fourth-order valence-electron chi connectivity index (χ4n) is 1.53. The van der Waals surface area contributed by atoms with E-state index in [-0.39, 0.29) is 11.9 Å². The van der Waals surface area contributed by atoms with E-state index in [2.05, 4.69) is 20.3 Å². The zero-order valence-corrected chi connectivity index (χ0v) is 10.5. The molecule has 17 heavy (non-hydrogen) atoms. The number of nitrogens with zero attached hydrogens (tertiary/aromatic N) is 2.